The molecular weight excluding hydrogens is 731 g/mol. The smallest absolute Gasteiger partial charge is 0.167 e. The molecular formula is C56H43N3O. The Hall–Kier alpha value is -6.65. The van der Waals surface area contributed by atoms with E-state index in [0.29, 0.717) is 22.9 Å². The molecule has 4 nitrogen and oxygen atoms in total. The first-order chi connectivity index (χ1) is 29.6. The number of nitrogens with zero attached hydrogens (tertiary/aromatic N) is 3. The van der Waals surface area contributed by atoms with Crippen molar-refractivity contribution >= 4 is 21.9 Å². The Morgan fingerprint density at radius 3 is 1.72 bits per heavy atom. The van der Waals surface area contributed by atoms with Gasteiger partial charge in [-0.05, 0) is 113 Å². The molecule has 288 valence electrons. The SMILES string of the molecule is c1ccc(-c2nc(-c3cccc4c3C(c3ccccc3)(c3ccc(C56CC7CC(CC(C7)C5)C6)cc3)c3ccccc3-4)nc(-c3cccc4c3oc3ccccc34)n2)cc1. The number of rotatable bonds is 6. The van der Waals surface area contributed by atoms with E-state index in [9.17, 15) is 0 Å². The monoisotopic (exact) mass is 773 g/mol. The molecule has 14 rings (SSSR count). The molecule has 5 aliphatic rings. The number of benzene rings is 7. The summed E-state index contributed by atoms with van der Waals surface area (Å²) >= 11 is 0. The van der Waals surface area contributed by atoms with Gasteiger partial charge in [0, 0.05) is 21.9 Å². The van der Waals surface area contributed by atoms with E-state index in [2.05, 4.69) is 140 Å². The molecule has 4 bridgehead atoms. The minimum atomic E-state index is -0.623. The first-order valence-corrected chi connectivity index (χ1v) is 21.8. The lowest BCUT2D eigenvalue weighted by Crippen LogP contribution is -2.48. The van der Waals surface area contributed by atoms with Crippen LogP contribution in [0.15, 0.2) is 174 Å². The van der Waals surface area contributed by atoms with Gasteiger partial charge in [0.05, 0.1) is 11.0 Å². The van der Waals surface area contributed by atoms with Crippen LogP contribution in [0.1, 0.15) is 66.3 Å². The number of hydrogen-bond acceptors (Lipinski definition) is 4. The first-order valence-electron chi connectivity index (χ1n) is 21.8. The van der Waals surface area contributed by atoms with Crippen molar-refractivity contribution in [1.82, 2.24) is 15.0 Å². The van der Waals surface area contributed by atoms with Gasteiger partial charge in [0.2, 0.25) is 0 Å². The van der Waals surface area contributed by atoms with Crippen LogP contribution in [0.5, 0.6) is 0 Å². The highest BCUT2D eigenvalue weighted by molar-refractivity contribution is 6.09. The van der Waals surface area contributed by atoms with Gasteiger partial charge >= 0.3 is 0 Å². The topological polar surface area (TPSA) is 51.8 Å². The van der Waals surface area contributed by atoms with Gasteiger partial charge in [-0.15, -0.1) is 0 Å². The Bertz CT molecular complexity index is 3100. The average molecular weight is 774 g/mol. The fraction of sp³-hybridized carbons (Fsp3) is 0.196. The molecule has 9 aromatic rings. The molecule has 2 heterocycles. The van der Waals surface area contributed by atoms with E-state index in [0.717, 1.165) is 56.4 Å². The maximum absolute atomic E-state index is 6.58. The number of furan rings is 1. The van der Waals surface area contributed by atoms with Crippen molar-refractivity contribution in [2.75, 3.05) is 0 Å². The number of aromatic nitrogens is 3. The molecule has 5 aliphatic carbocycles. The lowest BCUT2D eigenvalue weighted by atomic mass is 9.48. The standard InChI is InChI=1S/C56H43N3O/c1-3-13-38(14-4-1)52-57-53(59-54(58-52)47-22-12-20-45-43-18-8-10-24-49(43)60-51(45)47)46-21-11-19-44-42-17-7-9-23-48(42)56(50(44)46,40-15-5-2-6-16-40)41-27-25-39(26-28-41)55-32-35-29-36(33-55)31-37(30-35)34-55/h1-28,35-37H,29-34H2. The van der Waals surface area contributed by atoms with E-state index in [4.69, 9.17) is 19.4 Å². The zero-order valence-electron chi connectivity index (χ0n) is 33.4. The average Bonchev–Trinajstić information content (AvgIpc) is 3.83. The summed E-state index contributed by atoms with van der Waals surface area (Å²) in [6.45, 7) is 0. The summed E-state index contributed by atoms with van der Waals surface area (Å²) in [7, 11) is 0. The number of hydrogen-bond donors (Lipinski definition) is 0. The molecule has 0 aliphatic heterocycles. The third-order valence-corrected chi connectivity index (χ3v) is 14.8. The van der Waals surface area contributed by atoms with Gasteiger partial charge in [-0.25, -0.2) is 15.0 Å². The predicted molar refractivity (Wildman–Crippen MR) is 241 cm³/mol. The Labute approximate surface area is 350 Å². The van der Waals surface area contributed by atoms with Crippen LogP contribution in [0.4, 0.5) is 0 Å². The van der Waals surface area contributed by atoms with Gasteiger partial charge in [-0.3, -0.25) is 0 Å². The van der Waals surface area contributed by atoms with Gasteiger partial charge in [-0.2, -0.15) is 0 Å². The largest absolute Gasteiger partial charge is 0.455 e. The minimum Gasteiger partial charge on any atom is -0.455 e. The van der Waals surface area contributed by atoms with Crippen LogP contribution in [0, 0.1) is 17.8 Å². The van der Waals surface area contributed by atoms with Gasteiger partial charge in [0.1, 0.15) is 11.2 Å². The van der Waals surface area contributed by atoms with Crippen LogP contribution in [0.25, 0.3) is 67.2 Å². The summed E-state index contributed by atoms with van der Waals surface area (Å²) in [6, 6.07) is 61.6. The third kappa shape index (κ3) is 4.94. The highest BCUT2D eigenvalue weighted by atomic mass is 16.3. The molecule has 2 aromatic heterocycles. The Morgan fingerprint density at radius 1 is 0.417 bits per heavy atom. The van der Waals surface area contributed by atoms with Crippen LogP contribution in [-0.2, 0) is 10.8 Å². The van der Waals surface area contributed by atoms with Crippen molar-refractivity contribution in [2.24, 2.45) is 17.8 Å². The molecule has 0 N–H and O–H groups in total. The summed E-state index contributed by atoms with van der Waals surface area (Å²) in [5.41, 5.74) is 13.1. The first kappa shape index (κ1) is 34.2. The molecule has 1 unspecified atom stereocenters. The molecule has 0 radical (unpaired) electrons. The quantitative estimate of drug-likeness (QED) is 0.169. The lowest BCUT2D eigenvalue weighted by molar-refractivity contribution is -0.00519. The van der Waals surface area contributed by atoms with Crippen LogP contribution >= 0.6 is 0 Å². The van der Waals surface area contributed by atoms with Crippen LogP contribution in [-0.4, -0.2) is 15.0 Å². The molecule has 4 saturated carbocycles. The van der Waals surface area contributed by atoms with Gasteiger partial charge in [-0.1, -0.05) is 158 Å². The second kappa shape index (κ2) is 12.9. The molecule has 7 aromatic carbocycles. The second-order valence-electron chi connectivity index (χ2n) is 18.1. The van der Waals surface area contributed by atoms with Gasteiger partial charge in [0.25, 0.3) is 0 Å². The van der Waals surface area contributed by atoms with Crippen LogP contribution in [0.3, 0.4) is 0 Å². The van der Waals surface area contributed by atoms with Crippen molar-refractivity contribution in [3.05, 3.63) is 198 Å². The van der Waals surface area contributed by atoms with E-state index < -0.39 is 5.41 Å². The summed E-state index contributed by atoms with van der Waals surface area (Å²) in [6.07, 6.45) is 8.40. The number of para-hydroxylation sites is 2. The highest BCUT2D eigenvalue weighted by Crippen LogP contribution is 2.62. The van der Waals surface area contributed by atoms with E-state index in [1.54, 1.807) is 5.56 Å². The summed E-state index contributed by atoms with van der Waals surface area (Å²) in [4.78, 5) is 16.0. The Morgan fingerprint density at radius 2 is 0.950 bits per heavy atom. The lowest BCUT2D eigenvalue weighted by Gasteiger charge is -2.57. The van der Waals surface area contributed by atoms with E-state index in [1.807, 2.05) is 30.3 Å². The Balaban J connectivity index is 1.06. The van der Waals surface area contributed by atoms with E-state index in [-0.39, 0.29) is 0 Å². The van der Waals surface area contributed by atoms with Crippen molar-refractivity contribution in [3.8, 4) is 45.3 Å². The van der Waals surface area contributed by atoms with Crippen molar-refractivity contribution in [1.29, 1.82) is 0 Å². The van der Waals surface area contributed by atoms with Crippen molar-refractivity contribution < 1.29 is 4.42 Å². The zero-order valence-corrected chi connectivity index (χ0v) is 33.4. The van der Waals surface area contributed by atoms with Gasteiger partial charge < -0.3 is 4.42 Å². The molecule has 60 heavy (non-hydrogen) atoms. The molecule has 0 amide bonds. The molecule has 4 heteroatoms. The van der Waals surface area contributed by atoms with Crippen molar-refractivity contribution in [3.63, 3.8) is 0 Å². The molecule has 1 atom stereocenters. The van der Waals surface area contributed by atoms with Crippen molar-refractivity contribution in [2.45, 2.75) is 49.4 Å². The van der Waals surface area contributed by atoms with Crippen LogP contribution in [0.2, 0.25) is 0 Å². The zero-order chi connectivity index (χ0) is 39.4. The normalized spacial score (nSPS) is 23.6. The summed E-state index contributed by atoms with van der Waals surface area (Å²) < 4.78 is 6.58. The summed E-state index contributed by atoms with van der Waals surface area (Å²) in [5.74, 6) is 4.54. The fourth-order valence-electron chi connectivity index (χ4n) is 12.8. The fourth-order valence-corrected chi connectivity index (χ4v) is 12.8. The minimum absolute atomic E-state index is 0.321. The van der Waals surface area contributed by atoms with E-state index in [1.165, 1.54) is 71.9 Å². The predicted octanol–water partition coefficient (Wildman–Crippen LogP) is 13.6. The van der Waals surface area contributed by atoms with E-state index >= 15 is 0 Å². The third-order valence-electron chi connectivity index (χ3n) is 14.8. The second-order valence-corrected chi connectivity index (χ2v) is 18.1. The Kier molecular flexibility index (Phi) is 7.37. The molecule has 0 spiro atoms. The summed E-state index contributed by atoms with van der Waals surface area (Å²) in [5, 5.41) is 2.12. The maximum Gasteiger partial charge on any atom is 0.167 e. The highest BCUT2D eigenvalue weighted by Gasteiger charge is 2.52. The molecule has 0 saturated heterocycles. The van der Waals surface area contributed by atoms with Crippen LogP contribution < -0.4 is 0 Å². The number of fused-ring (bicyclic) bond motifs is 6. The maximum atomic E-state index is 6.58. The molecule has 4 fully saturated rings. The van der Waals surface area contributed by atoms with Gasteiger partial charge in [0.15, 0.2) is 17.5 Å².